The maximum absolute atomic E-state index is 12.8. The largest absolute Gasteiger partial charge is 0.494 e. The van der Waals surface area contributed by atoms with Crippen molar-refractivity contribution in [3.63, 3.8) is 0 Å². The molecule has 0 unspecified atom stereocenters. The molecule has 1 N–H and O–H groups in total. The summed E-state index contributed by atoms with van der Waals surface area (Å²) in [5.41, 5.74) is 1.42. The van der Waals surface area contributed by atoms with Gasteiger partial charge in [-0.2, -0.15) is 0 Å². The number of ether oxygens (including phenoxy) is 6. The van der Waals surface area contributed by atoms with Crippen molar-refractivity contribution in [3.05, 3.63) is 102 Å². The van der Waals surface area contributed by atoms with E-state index in [0.29, 0.717) is 61.0 Å². The molecule has 1 aliphatic rings. The van der Waals surface area contributed by atoms with Crippen LogP contribution >= 0.6 is 0 Å². The molecule has 1 saturated carbocycles. The van der Waals surface area contributed by atoms with E-state index in [4.69, 9.17) is 33.5 Å². The molecule has 54 heavy (non-hydrogen) atoms. The van der Waals surface area contributed by atoms with E-state index in [1.807, 2.05) is 0 Å². The molecule has 0 aliphatic heterocycles. The topological polar surface area (TPSA) is 144 Å². The summed E-state index contributed by atoms with van der Waals surface area (Å²) in [6, 6.07) is 19.7. The Bertz CT molecular complexity index is 1590. The van der Waals surface area contributed by atoms with Crippen molar-refractivity contribution in [1.82, 2.24) is 0 Å². The SMILES string of the molecule is C=CC(=O)OCCCCCCOc1ccc(C(=O)OCc2ccc(OC(=O)c3ccc(OC(=O)C4CCC(OCCCCCCO)CC4)cc3)cc2)cc1. The average Bonchev–Trinajstić information content (AvgIpc) is 3.20. The number of hydrogen-bond acceptors (Lipinski definition) is 11. The van der Waals surface area contributed by atoms with Crippen LogP contribution < -0.4 is 14.2 Å². The van der Waals surface area contributed by atoms with Gasteiger partial charge in [0, 0.05) is 19.3 Å². The second-order valence-electron chi connectivity index (χ2n) is 13.2. The highest BCUT2D eigenvalue weighted by atomic mass is 16.5. The minimum Gasteiger partial charge on any atom is -0.494 e. The molecule has 0 atom stereocenters. The summed E-state index contributed by atoms with van der Waals surface area (Å²) in [7, 11) is 0. The van der Waals surface area contributed by atoms with E-state index in [-0.39, 0.29) is 31.2 Å². The van der Waals surface area contributed by atoms with Gasteiger partial charge in [-0.05, 0) is 130 Å². The molecule has 3 aromatic rings. The maximum atomic E-state index is 12.8. The van der Waals surface area contributed by atoms with Crippen LogP contribution in [0.2, 0.25) is 0 Å². The van der Waals surface area contributed by atoms with E-state index in [9.17, 15) is 19.2 Å². The minimum absolute atomic E-state index is 0.0419. The van der Waals surface area contributed by atoms with Crippen LogP contribution in [-0.4, -0.2) is 61.5 Å². The van der Waals surface area contributed by atoms with Gasteiger partial charge in [0.25, 0.3) is 0 Å². The third kappa shape index (κ3) is 15.2. The Morgan fingerprint density at radius 1 is 0.611 bits per heavy atom. The Hall–Kier alpha value is -5.00. The number of benzene rings is 3. The van der Waals surface area contributed by atoms with E-state index in [0.717, 1.165) is 75.8 Å². The first-order valence-corrected chi connectivity index (χ1v) is 18.9. The van der Waals surface area contributed by atoms with Crippen molar-refractivity contribution in [2.45, 2.75) is 89.8 Å². The zero-order valence-electron chi connectivity index (χ0n) is 30.9. The molecule has 11 heteroatoms. The lowest BCUT2D eigenvalue weighted by molar-refractivity contribution is -0.141. The van der Waals surface area contributed by atoms with Gasteiger partial charge in [-0.15, -0.1) is 0 Å². The van der Waals surface area contributed by atoms with Crippen molar-refractivity contribution >= 4 is 23.9 Å². The molecule has 11 nitrogen and oxygen atoms in total. The molecular weight excluding hydrogens is 692 g/mol. The number of carbonyl (C=O) groups is 4. The monoisotopic (exact) mass is 744 g/mol. The van der Waals surface area contributed by atoms with Crippen LogP contribution in [0.5, 0.6) is 17.2 Å². The predicted molar refractivity (Wildman–Crippen MR) is 201 cm³/mol. The molecule has 0 amide bonds. The maximum Gasteiger partial charge on any atom is 0.343 e. The Balaban J connectivity index is 1.10. The number of rotatable bonds is 23. The van der Waals surface area contributed by atoms with Crippen molar-refractivity contribution in [3.8, 4) is 17.2 Å². The van der Waals surface area contributed by atoms with Crippen molar-refractivity contribution in [1.29, 1.82) is 0 Å². The fourth-order valence-corrected chi connectivity index (χ4v) is 5.86. The van der Waals surface area contributed by atoms with Crippen molar-refractivity contribution in [2.24, 2.45) is 5.92 Å². The van der Waals surface area contributed by atoms with Crippen LogP contribution in [0.4, 0.5) is 0 Å². The Morgan fingerprint density at radius 2 is 1.17 bits per heavy atom. The number of unbranched alkanes of at least 4 members (excludes halogenated alkanes) is 6. The number of carbonyl (C=O) groups excluding carboxylic acids is 4. The summed E-state index contributed by atoms with van der Waals surface area (Å²) in [5.74, 6) is -0.541. The van der Waals surface area contributed by atoms with E-state index in [1.165, 1.54) is 0 Å². The number of aliphatic hydroxyl groups is 1. The second-order valence-corrected chi connectivity index (χ2v) is 13.2. The van der Waals surface area contributed by atoms with E-state index < -0.39 is 17.9 Å². The predicted octanol–water partition coefficient (Wildman–Crippen LogP) is 7.96. The highest BCUT2D eigenvalue weighted by Crippen LogP contribution is 2.28. The van der Waals surface area contributed by atoms with Gasteiger partial charge in [0.2, 0.25) is 0 Å². The van der Waals surface area contributed by atoms with Gasteiger partial charge in [0.05, 0.1) is 36.4 Å². The van der Waals surface area contributed by atoms with E-state index >= 15 is 0 Å². The molecule has 0 bridgehead atoms. The standard InChI is InChI=1S/C43H52O11/c1-2-40(45)51-30-10-6-5-9-29-50-36-21-13-33(14-22-36)41(46)52-31-32-11-19-38(20-12-32)53-43(48)35-17-25-39(26-18-35)54-42(47)34-15-23-37(24-16-34)49-28-8-4-3-7-27-44/h2,11-14,17-22,25-26,34,37,44H,1,3-10,15-16,23-24,27-31H2. The molecule has 0 heterocycles. The van der Waals surface area contributed by atoms with Crippen LogP contribution in [0.25, 0.3) is 0 Å². The fraction of sp³-hybridized carbons (Fsp3) is 0.442. The lowest BCUT2D eigenvalue weighted by atomic mass is 9.87. The molecule has 0 spiro atoms. The van der Waals surface area contributed by atoms with E-state index in [2.05, 4.69) is 6.58 Å². The Labute approximate surface area is 317 Å². The highest BCUT2D eigenvalue weighted by Gasteiger charge is 2.28. The van der Waals surface area contributed by atoms with Gasteiger partial charge in [-0.25, -0.2) is 14.4 Å². The van der Waals surface area contributed by atoms with Crippen LogP contribution in [0.3, 0.4) is 0 Å². The molecule has 4 rings (SSSR count). The zero-order chi connectivity index (χ0) is 38.4. The molecule has 290 valence electrons. The lowest BCUT2D eigenvalue weighted by Crippen LogP contribution is -2.29. The first kappa shape index (κ1) is 41.8. The van der Waals surface area contributed by atoms with Gasteiger partial charge < -0.3 is 33.5 Å². The van der Waals surface area contributed by atoms with Crippen molar-refractivity contribution in [2.75, 3.05) is 26.4 Å². The molecular formula is C43H52O11. The molecule has 0 radical (unpaired) electrons. The van der Waals surface area contributed by atoms with Crippen LogP contribution in [0.1, 0.15) is 103 Å². The first-order valence-electron chi connectivity index (χ1n) is 18.9. The third-order valence-electron chi connectivity index (χ3n) is 9.03. The summed E-state index contributed by atoms with van der Waals surface area (Å²) >= 11 is 0. The molecule has 0 aromatic heterocycles. The highest BCUT2D eigenvalue weighted by molar-refractivity contribution is 5.91. The third-order valence-corrected chi connectivity index (χ3v) is 9.03. The van der Waals surface area contributed by atoms with Gasteiger partial charge in [-0.3, -0.25) is 4.79 Å². The number of esters is 4. The normalized spacial score (nSPS) is 15.1. The van der Waals surface area contributed by atoms with E-state index in [1.54, 1.807) is 72.8 Å². The quantitative estimate of drug-likeness (QED) is 0.0437. The Morgan fingerprint density at radius 3 is 1.81 bits per heavy atom. The van der Waals surface area contributed by atoms with Crippen molar-refractivity contribution < 1.29 is 52.7 Å². The van der Waals surface area contributed by atoms with Crippen LogP contribution in [0.15, 0.2) is 85.5 Å². The summed E-state index contributed by atoms with van der Waals surface area (Å²) in [6.07, 6.45) is 11.8. The van der Waals surface area contributed by atoms with Gasteiger partial charge >= 0.3 is 23.9 Å². The summed E-state index contributed by atoms with van der Waals surface area (Å²) in [4.78, 5) is 49.1. The van der Waals surface area contributed by atoms with Crippen LogP contribution in [-0.2, 0) is 30.4 Å². The number of hydrogen-bond donors (Lipinski definition) is 1. The van der Waals surface area contributed by atoms with Crippen LogP contribution in [0, 0.1) is 5.92 Å². The number of aliphatic hydroxyl groups excluding tert-OH is 1. The summed E-state index contributed by atoms with van der Waals surface area (Å²) in [5, 5.41) is 8.86. The average molecular weight is 745 g/mol. The Kier molecular flexibility index (Phi) is 18.3. The van der Waals surface area contributed by atoms with Gasteiger partial charge in [-0.1, -0.05) is 31.6 Å². The summed E-state index contributed by atoms with van der Waals surface area (Å²) < 4.78 is 33.2. The fourth-order valence-electron chi connectivity index (χ4n) is 5.86. The molecule has 1 fully saturated rings. The molecule has 3 aromatic carbocycles. The van der Waals surface area contributed by atoms with Gasteiger partial charge in [0.1, 0.15) is 23.9 Å². The second kappa shape index (κ2) is 23.6. The van der Waals surface area contributed by atoms with Gasteiger partial charge in [0.15, 0.2) is 0 Å². The minimum atomic E-state index is -0.560. The molecule has 0 saturated heterocycles. The smallest absolute Gasteiger partial charge is 0.343 e. The summed E-state index contributed by atoms with van der Waals surface area (Å²) in [6.45, 7) is 5.28. The first-order chi connectivity index (χ1) is 26.3. The lowest BCUT2D eigenvalue weighted by Gasteiger charge is -2.27. The zero-order valence-corrected chi connectivity index (χ0v) is 30.9. The molecule has 1 aliphatic carbocycles.